The summed E-state index contributed by atoms with van der Waals surface area (Å²) in [5.41, 5.74) is 13.8. The van der Waals surface area contributed by atoms with Crippen molar-refractivity contribution in [2.75, 3.05) is 24.7 Å². The molecule has 0 unspecified atom stereocenters. The molecular formula is C15H14FN5O. The van der Waals surface area contributed by atoms with Gasteiger partial charge in [0.25, 0.3) is 0 Å². The van der Waals surface area contributed by atoms with Crippen LogP contribution in [0.25, 0.3) is 22.2 Å². The van der Waals surface area contributed by atoms with Crippen LogP contribution in [0, 0.1) is 5.82 Å². The fourth-order valence-corrected chi connectivity index (χ4v) is 2.72. The molecule has 1 saturated heterocycles. The van der Waals surface area contributed by atoms with Crippen molar-refractivity contribution < 1.29 is 9.13 Å². The van der Waals surface area contributed by atoms with Gasteiger partial charge in [-0.05, 0) is 18.2 Å². The van der Waals surface area contributed by atoms with E-state index >= 15 is 0 Å². The quantitative estimate of drug-likeness (QED) is 0.706. The Bertz CT molecular complexity index is 872. The molecule has 112 valence electrons. The summed E-state index contributed by atoms with van der Waals surface area (Å²) in [6, 6.07) is 4.79. The average Bonchev–Trinajstić information content (AvgIpc) is 2.78. The van der Waals surface area contributed by atoms with Crippen LogP contribution in [0.15, 0.2) is 30.7 Å². The maximum atomic E-state index is 14.3. The molecule has 3 heterocycles. The second-order valence-electron chi connectivity index (χ2n) is 5.34. The van der Waals surface area contributed by atoms with Gasteiger partial charge in [-0.1, -0.05) is 0 Å². The van der Waals surface area contributed by atoms with E-state index in [0.29, 0.717) is 46.9 Å². The maximum absolute atomic E-state index is 14.3. The van der Waals surface area contributed by atoms with Gasteiger partial charge in [0, 0.05) is 23.0 Å². The Morgan fingerprint density at radius 2 is 2.00 bits per heavy atom. The molecule has 3 aromatic rings. The number of fused-ring (bicyclic) bond motifs is 1. The third kappa shape index (κ3) is 1.82. The van der Waals surface area contributed by atoms with Crippen LogP contribution in [-0.2, 0) is 4.74 Å². The van der Waals surface area contributed by atoms with Gasteiger partial charge in [0.05, 0.1) is 24.6 Å². The monoisotopic (exact) mass is 299 g/mol. The van der Waals surface area contributed by atoms with Gasteiger partial charge < -0.3 is 20.8 Å². The lowest BCUT2D eigenvalue weighted by Crippen LogP contribution is -2.30. The fraction of sp³-hybridized carbons (Fsp3) is 0.200. The number of aromatic nitrogens is 3. The first-order valence-electron chi connectivity index (χ1n) is 6.89. The van der Waals surface area contributed by atoms with Gasteiger partial charge in [-0.25, -0.2) is 14.4 Å². The van der Waals surface area contributed by atoms with Crippen LogP contribution in [0.2, 0.25) is 0 Å². The molecule has 0 bridgehead atoms. The van der Waals surface area contributed by atoms with Crippen molar-refractivity contribution in [3.05, 3.63) is 36.5 Å². The summed E-state index contributed by atoms with van der Waals surface area (Å²) in [5.74, 6) is -0.0672. The molecule has 4 rings (SSSR count). The minimum atomic E-state index is -0.396. The van der Waals surface area contributed by atoms with Crippen molar-refractivity contribution >= 4 is 22.5 Å². The number of rotatable bonds is 2. The molecule has 0 saturated carbocycles. The normalized spacial score (nSPS) is 15.1. The second-order valence-corrected chi connectivity index (χ2v) is 5.34. The minimum absolute atomic E-state index is 0.183. The number of nitrogens with two attached hydrogens (primary N) is 2. The van der Waals surface area contributed by atoms with Crippen LogP contribution in [0.3, 0.4) is 0 Å². The largest absolute Gasteiger partial charge is 0.399 e. The molecule has 0 atom stereocenters. The molecule has 0 amide bonds. The summed E-state index contributed by atoms with van der Waals surface area (Å²) >= 11 is 0. The highest BCUT2D eigenvalue weighted by molar-refractivity contribution is 6.00. The number of nitrogen functional groups attached to an aromatic ring is 2. The summed E-state index contributed by atoms with van der Waals surface area (Å²) in [5, 5.41) is 0.651. The minimum Gasteiger partial charge on any atom is -0.399 e. The Labute approximate surface area is 125 Å². The van der Waals surface area contributed by atoms with E-state index in [2.05, 4.69) is 9.97 Å². The number of anilines is 2. The number of nitrogens with zero attached hydrogens (tertiary/aromatic N) is 3. The molecule has 6 nitrogen and oxygen atoms in total. The SMILES string of the molecule is Nc1ccc(-c2cn(C3COC3)c3ncnc(N)c23)c(F)c1. The second kappa shape index (κ2) is 4.67. The van der Waals surface area contributed by atoms with Crippen molar-refractivity contribution in [3.8, 4) is 11.1 Å². The number of ether oxygens (including phenoxy) is 1. The highest BCUT2D eigenvalue weighted by atomic mass is 19.1. The van der Waals surface area contributed by atoms with E-state index in [4.69, 9.17) is 16.2 Å². The first-order chi connectivity index (χ1) is 10.6. The summed E-state index contributed by atoms with van der Waals surface area (Å²) in [6.07, 6.45) is 3.27. The highest BCUT2D eigenvalue weighted by Crippen LogP contribution is 2.37. The molecule has 1 fully saturated rings. The molecule has 7 heteroatoms. The van der Waals surface area contributed by atoms with Gasteiger partial charge in [0.2, 0.25) is 0 Å². The van der Waals surface area contributed by atoms with E-state index in [0.717, 1.165) is 0 Å². The molecule has 4 N–H and O–H groups in total. The smallest absolute Gasteiger partial charge is 0.146 e. The molecule has 0 radical (unpaired) electrons. The Kier molecular flexibility index (Phi) is 2.77. The van der Waals surface area contributed by atoms with Gasteiger partial charge in [0.15, 0.2) is 0 Å². The van der Waals surface area contributed by atoms with E-state index in [1.165, 1.54) is 12.4 Å². The number of benzene rings is 1. The molecule has 1 aliphatic heterocycles. The van der Waals surface area contributed by atoms with Crippen LogP contribution < -0.4 is 11.5 Å². The van der Waals surface area contributed by atoms with Crippen LogP contribution in [0.4, 0.5) is 15.9 Å². The zero-order valence-electron chi connectivity index (χ0n) is 11.7. The van der Waals surface area contributed by atoms with E-state index in [9.17, 15) is 4.39 Å². The lowest BCUT2D eigenvalue weighted by atomic mass is 10.1. The van der Waals surface area contributed by atoms with Gasteiger partial charge in [0.1, 0.15) is 23.6 Å². The average molecular weight is 299 g/mol. The van der Waals surface area contributed by atoms with Gasteiger partial charge >= 0.3 is 0 Å². The predicted octanol–water partition coefficient (Wildman–Crippen LogP) is 1.97. The standard InChI is InChI=1S/C15H14FN5O/c16-12-3-8(17)1-2-10(12)11-4-21(9-5-22-6-9)15-13(11)14(18)19-7-20-15/h1-4,7,9H,5-6,17H2,(H2,18,19,20). The van der Waals surface area contributed by atoms with Crippen molar-refractivity contribution in [2.45, 2.75) is 6.04 Å². The van der Waals surface area contributed by atoms with Crippen LogP contribution in [-0.4, -0.2) is 27.7 Å². The Morgan fingerprint density at radius 1 is 1.18 bits per heavy atom. The summed E-state index contributed by atoms with van der Waals surface area (Å²) < 4.78 is 21.5. The van der Waals surface area contributed by atoms with Crippen LogP contribution in [0.5, 0.6) is 0 Å². The number of halogens is 1. The van der Waals surface area contributed by atoms with Crippen molar-refractivity contribution in [2.24, 2.45) is 0 Å². The lowest BCUT2D eigenvalue weighted by molar-refractivity contribution is -0.0215. The third-order valence-electron chi connectivity index (χ3n) is 3.94. The number of hydrogen-bond donors (Lipinski definition) is 2. The zero-order valence-corrected chi connectivity index (χ0v) is 11.7. The van der Waals surface area contributed by atoms with Gasteiger partial charge in [-0.15, -0.1) is 0 Å². The third-order valence-corrected chi connectivity index (χ3v) is 3.94. The molecule has 2 aromatic heterocycles. The van der Waals surface area contributed by atoms with Gasteiger partial charge in [-0.2, -0.15) is 0 Å². The summed E-state index contributed by atoms with van der Waals surface area (Å²) in [7, 11) is 0. The fourth-order valence-electron chi connectivity index (χ4n) is 2.72. The van der Waals surface area contributed by atoms with Gasteiger partial charge in [-0.3, -0.25) is 0 Å². The van der Waals surface area contributed by atoms with E-state index in [1.54, 1.807) is 12.1 Å². The Hall–Kier alpha value is -2.67. The predicted molar refractivity (Wildman–Crippen MR) is 81.6 cm³/mol. The van der Waals surface area contributed by atoms with E-state index < -0.39 is 5.82 Å². The molecule has 0 aliphatic carbocycles. The Balaban J connectivity index is 2.00. The first-order valence-corrected chi connectivity index (χ1v) is 6.89. The molecular weight excluding hydrogens is 285 g/mol. The summed E-state index contributed by atoms with van der Waals surface area (Å²) in [4.78, 5) is 8.34. The van der Waals surface area contributed by atoms with Crippen LogP contribution in [0.1, 0.15) is 6.04 Å². The first kappa shape index (κ1) is 13.0. The molecule has 22 heavy (non-hydrogen) atoms. The number of hydrogen-bond acceptors (Lipinski definition) is 5. The highest BCUT2D eigenvalue weighted by Gasteiger charge is 2.26. The van der Waals surface area contributed by atoms with Crippen molar-refractivity contribution in [3.63, 3.8) is 0 Å². The lowest BCUT2D eigenvalue weighted by Gasteiger charge is -2.27. The molecule has 0 spiro atoms. The molecule has 1 aromatic carbocycles. The van der Waals surface area contributed by atoms with Crippen molar-refractivity contribution in [1.29, 1.82) is 0 Å². The van der Waals surface area contributed by atoms with E-state index in [-0.39, 0.29) is 6.04 Å². The zero-order chi connectivity index (χ0) is 15.3. The van der Waals surface area contributed by atoms with E-state index in [1.807, 2.05) is 10.8 Å². The maximum Gasteiger partial charge on any atom is 0.146 e. The Morgan fingerprint density at radius 3 is 2.68 bits per heavy atom. The van der Waals surface area contributed by atoms with Crippen LogP contribution >= 0.6 is 0 Å². The topological polar surface area (TPSA) is 92.0 Å². The molecule has 1 aliphatic rings. The van der Waals surface area contributed by atoms with Crippen molar-refractivity contribution in [1.82, 2.24) is 14.5 Å². The summed E-state index contributed by atoms with van der Waals surface area (Å²) in [6.45, 7) is 1.22.